The fourth-order valence-corrected chi connectivity index (χ4v) is 9.09. The van der Waals surface area contributed by atoms with Crippen LogP contribution in [0.4, 0.5) is 0 Å². The number of fused-ring (bicyclic) bond motifs is 7. The Kier molecular flexibility index (Phi) is 4.75. The second-order valence-electron chi connectivity index (χ2n) is 10.3. The van der Waals surface area contributed by atoms with E-state index in [1.165, 1.54) is 79.7 Å². The normalized spacial score (nSPS) is 15.7. The molecule has 5 aromatic rings. The standard InChI is InChI=1S/C32H26BNOSe/c1-2-4-13-26-22(10-3-1)23-11-5-7-14-27(23)34(26)21-18-19-24-29(20-21)35-28-15-9-17-31-32(28)33(24)25-12-6-8-16-30(25)36-31/h5-9,11-12,14-20H,1-4,10,13H2. The molecule has 0 saturated carbocycles. The topological polar surface area (TPSA) is 14.2 Å². The molecule has 3 heterocycles. The third-order valence-electron chi connectivity index (χ3n) is 8.23. The summed E-state index contributed by atoms with van der Waals surface area (Å²) in [6.07, 6.45) is 7.55. The van der Waals surface area contributed by atoms with Gasteiger partial charge in [0.15, 0.2) is 0 Å². The number of hydrogen-bond acceptors (Lipinski definition) is 1. The molecule has 8 rings (SSSR count). The van der Waals surface area contributed by atoms with Crippen LogP contribution in [0.5, 0.6) is 11.5 Å². The number of aromatic nitrogens is 1. The third kappa shape index (κ3) is 3.04. The Bertz CT molecular complexity index is 1670. The molecule has 0 saturated heterocycles. The van der Waals surface area contributed by atoms with Crippen molar-refractivity contribution in [3.63, 3.8) is 0 Å². The summed E-state index contributed by atoms with van der Waals surface area (Å²) >= 11 is 0.319. The van der Waals surface area contributed by atoms with E-state index in [0.29, 0.717) is 15.0 Å². The van der Waals surface area contributed by atoms with Crippen LogP contribution in [0.25, 0.3) is 16.6 Å². The predicted molar refractivity (Wildman–Crippen MR) is 152 cm³/mol. The van der Waals surface area contributed by atoms with Crippen LogP contribution >= 0.6 is 0 Å². The summed E-state index contributed by atoms with van der Waals surface area (Å²) in [4.78, 5) is 0. The first-order valence-corrected chi connectivity index (χ1v) is 14.9. The number of rotatable bonds is 1. The molecular formula is C32H26BNOSe. The van der Waals surface area contributed by atoms with E-state index in [4.69, 9.17) is 4.74 Å². The van der Waals surface area contributed by atoms with Gasteiger partial charge in [-0.25, -0.2) is 0 Å². The van der Waals surface area contributed by atoms with Crippen LogP contribution in [0.3, 0.4) is 0 Å². The maximum absolute atomic E-state index is 6.68. The Labute approximate surface area is 218 Å². The molecule has 1 aromatic heterocycles. The number of aryl methyl sites for hydroxylation is 1. The molecule has 4 aromatic carbocycles. The molecule has 0 unspecified atom stereocenters. The summed E-state index contributed by atoms with van der Waals surface area (Å²) in [5.41, 5.74) is 9.73. The van der Waals surface area contributed by atoms with Gasteiger partial charge in [0, 0.05) is 0 Å². The van der Waals surface area contributed by atoms with Gasteiger partial charge in [-0.05, 0) is 0 Å². The van der Waals surface area contributed by atoms with Gasteiger partial charge < -0.3 is 0 Å². The molecule has 0 spiro atoms. The first-order valence-electron chi connectivity index (χ1n) is 13.2. The number of benzene rings is 4. The molecule has 0 fully saturated rings. The van der Waals surface area contributed by atoms with Crippen molar-refractivity contribution in [2.24, 2.45) is 0 Å². The van der Waals surface area contributed by atoms with Gasteiger partial charge in [-0.3, -0.25) is 0 Å². The Hall–Kier alpha value is -3.20. The van der Waals surface area contributed by atoms with Gasteiger partial charge in [0.25, 0.3) is 0 Å². The Morgan fingerprint density at radius 2 is 1.53 bits per heavy atom. The SMILES string of the molecule is c1ccc2c(c1)[Se]c1cccc3c1B2c1ccc(-n2c4c(c5ccccc52)CCCCCC4)cc1O3. The maximum atomic E-state index is 6.68. The molecule has 4 heteroatoms. The van der Waals surface area contributed by atoms with E-state index in [-0.39, 0.29) is 6.71 Å². The van der Waals surface area contributed by atoms with Gasteiger partial charge in [-0.2, -0.15) is 0 Å². The molecule has 36 heavy (non-hydrogen) atoms. The molecule has 3 aliphatic rings. The van der Waals surface area contributed by atoms with Crippen molar-refractivity contribution in [3.8, 4) is 17.2 Å². The first-order chi connectivity index (χ1) is 17.9. The van der Waals surface area contributed by atoms with E-state index in [9.17, 15) is 0 Å². The monoisotopic (exact) mass is 531 g/mol. The van der Waals surface area contributed by atoms with Crippen LogP contribution in [0.1, 0.15) is 36.9 Å². The summed E-state index contributed by atoms with van der Waals surface area (Å²) < 4.78 is 12.2. The van der Waals surface area contributed by atoms with Gasteiger partial charge in [-0.15, -0.1) is 0 Å². The van der Waals surface area contributed by atoms with Gasteiger partial charge in [0.1, 0.15) is 0 Å². The van der Waals surface area contributed by atoms with Gasteiger partial charge in [0.05, 0.1) is 0 Å². The van der Waals surface area contributed by atoms with Crippen LogP contribution in [0, 0.1) is 0 Å². The Morgan fingerprint density at radius 3 is 2.50 bits per heavy atom. The predicted octanol–water partition coefficient (Wildman–Crippen LogP) is 3.88. The molecule has 2 nitrogen and oxygen atoms in total. The van der Waals surface area contributed by atoms with E-state index < -0.39 is 0 Å². The van der Waals surface area contributed by atoms with Crippen molar-refractivity contribution in [2.75, 3.05) is 0 Å². The number of para-hydroxylation sites is 1. The Balaban J connectivity index is 1.34. The van der Waals surface area contributed by atoms with E-state index in [1.54, 1.807) is 5.56 Å². The van der Waals surface area contributed by atoms with Crippen molar-refractivity contribution < 1.29 is 4.74 Å². The first kappa shape index (κ1) is 20.9. The van der Waals surface area contributed by atoms with Crippen LogP contribution in [-0.2, 0) is 12.8 Å². The van der Waals surface area contributed by atoms with Crippen molar-refractivity contribution in [1.82, 2.24) is 4.57 Å². The molecule has 0 atom stereocenters. The van der Waals surface area contributed by atoms with Gasteiger partial charge in [0.2, 0.25) is 0 Å². The zero-order valence-electron chi connectivity index (χ0n) is 20.2. The molecular weight excluding hydrogens is 504 g/mol. The number of ether oxygens (including phenoxy) is 1. The fourth-order valence-electron chi connectivity index (χ4n) is 6.65. The van der Waals surface area contributed by atoms with Crippen LogP contribution < -0.4 is 30.0 Å². The van der Waals surface area contributed by atoms with Crippen molar-refractivity contribution in [2.45, 2.75) is 38.5 Å². The average molecular weight is 530 g/mol. The summed E-state index contributed by atoms with van der Waals surface area (Å²) in [7, 11) is 0. The molecule has 0 N–H and O–H groups in total. The summed E-state index contributed by atoms with van der Waals surface area (Å²) in [6, 6.07) is 31.6. The number of nitrogens with zero attached hydrogens (tertiary/aromatic N) is 1. The van der Waals surface area contributed by atoms with E-state index in [2.05, 4.69) is 89.5 Å². The molecule has 0 radical (unpaired) electrons. The van der Waals surface area contributed by atoms with Gasteiger partial charge >= 0.3 is 213 Å². The van der Waals surface area contributed by atoms with E-state index in [0.717, 1.165) is 17.9 Å². The number of hydrogen-bond donors (Lipinski definition) is 0. The van der Waals surface area contributed by atoms with Crippen molar-refractivity contribution in [1.29, 1.82) is 0 Å². The average Bonchev–Trinajstić information content (AvgIpc) is 3.20. The van der Waals surface area contributed by atoms with Gasteiger partial charge in [-0.1, -0.05) is 6.42 Å². The van der Waals surface area contributed by atoms with E-state index >= 15 is 0 Å². The zero-order valence-corrected chi connectivity index (χ0v) is 21.9. The molecule has 1 aliphatic carbocycles. The van der Waals surface area contributed by atoms with Crippen LogP contribution in [-0.4, -0.2) is 26.2 Å². The fraction of sp³-hybridized carbons (Fsp3) is 0.188. The molecule has 2 aliphatic heterocycles. The molecule has 174 valence electrons. The van der Waals surface area contributed by atoms with Crippen LogP contribution in [0.15, 0.2) is 84.9 Å². The molecule has 0 bridgehead atoms. The summed E-state index contributed by atoms with van der Waals surface area (Å²) in [6.45, 7) is 0.253. The third-order valence-corrected chi connectivity index (χ3v) is 10.7. The molecule has 0 amide bonds. The summed E-state index contributed by atoms with van der Waals surface area (Å²) in [5, 5.41) is 1.42. The minimum atomic E-state index is 0.253. The van der Waals surface area contributed by atoms with E-state index in [1.807, 2.05) is 0 Å². The quantitative estimate of drug-likeness (QED) is 0.294. The summed E-state index contributed by atoms with van der Waals surface area (Å²) in [5.74, 6) is 2.04. The van der Waals surface area contributed by atoms with Crippen LogP contribution in [0.2, 0.25) is 0 Å². The zero-order chi connectivity index (χ0) is 23.6. The second kappa shape index (κ2) is 8.16. The van der Waals surface area contributed by atoms with Crippen molar-refractivity contribution in [3.05, 3.63) is 96.2 Å². The van der Waals surface area contributed by atoms with Crippen molar-refractivity contribution >= 4 is 57.9 Å². The Morgan fingerprint density at radius 1 is 0.694 bits per heavy atom. The minimum absolute atomic E-state index is 0.253. The second-order valence-corrected chi connectivity index (χ2v) is 12.5.